The van der Waals surface area contributed by atoms with Crippen molar-refractivity contribution in [3.8, 4) is 6.07 Å². The summed E-state index contributed by atoms with van der Waals surface area (Å²) in [4.78, 5) is 31.7. The Balaban J connectivity index is 1.24. The third-order valence-corrected chi connectivity index (χ3v) is 7.88. The molecular formula is C22H27N6O4S-. The second-order valence-electron chi connectivity index (χ2n) is 9.33. The van der Waals surface area contributed by atoms with Crippen molar-refractivity contribution < 1.29 is 18.4 Å². The Labute approximate surface area is 195 Å². The molecule has 1 unspecified atom stereocenters. The van der Waals surface area contributed by atoms with Crippen LogP contribution in [0.4, 0.5) is 5.69 Å². The molecule has 176 valence electrons. The first kappa shape index (κ1) is 22.3. The number of carbonyl (C=O) groups excluding carboxylic acids is 2. The number of nitrogens with one attached hydrogen (secondary N) is 1. The molecule has 3 fully saturated rings. The van der Waals surface area contributed by atoms with Gasteiger partial charge in [0.25, 0.3) is 0 Å². The van der Waals surface area contributed by atoms with Gasteiger partial charge in [-0.05, 0) is 55.4 Å². The monoisotopic (exact) mass is 471 g/mol. The summed E-state index contributed by atoms with van der Waals surface area (Å²) in [6, 6.07) is 6.31. The Kier molecular flexibility index (Phi) is 5.86. The molecule has 11 heteroatoms. The zero-order valence-electron chi connectivity index (χ0n) is 18.2. The van der Waals surface area contributed by atoms with E-state index in [1.807, 2.05) is 21.9 Å². The zero-order valence-corrected chi connectivity index (χ0v) is 19.0. The van der Waals surface area contributed by atoms with Crippen LogP contribution in [0.3, 0.4) is 0 Å². The van der Waals surface area contributed by atoms with Crippen LogP contribution in [-0.2, 0) is 27.3 Å². The minimum Gasteiger partial charge on any atom is -0.755 e. The highest BCUT2D eigenvalue weighted by Gasteiger charge is 2.53. The number of aryl methyl sites for hydroxylation is 1. The van der Waals surface area contributed by atoms with E-state index in [1.54, 1.807) is 11.0 Å². The van der Waals surface area contributed by atoms with Gasteiger partial charge < -0.3 is 24.8 Å². The molecule has 10 nitrogen and oxygen atoms in total. The van der Waals surface area contributed by atoms with Gasteiger partial charge in [-0.3, -0.25) is 18.7 Å². The summed E-state index contributed by atoms with van der Waals surface area (Å²) < 4.78 is 24.2. The topological polar surface area (TPSA) is 146 Å². The Bertz CT molecular complexity index is 1040. The van der Waals surface area contributed by atoms with E-state index in [-0.39, 0.29) is 29.9 Å². The van der Waals surface area contributed by atoms with Crippen molar-refractivity contribution >= 4 is 28.8 Å². The van der Waals surface area contributed by atoms with Gasteiger partial charge in [0.1, 0.15) is 6.04 Å². The molecule has 1 aromatic rings. The first-order valence-corrected chi connectivity index (χ1v) is 12.5. The van der Waals surface area contributed by atoms with Crippen LogP contribution in [0.1, 0.15) is 42.9 Å². The lowest BCUT2D eigenvalue weighted by Crippen LogP contribution is -2.56. The largest absolute Gasteiger partial charge is 0.755 e. The number of hydrogen-bond acceptors (Lipinski definition) is 7. The van der Waals surface area contributed by atoms with E-state index in [2.05, 4.69) is 10.8 Å². The van der Waals surface area contributed by atoms with Gasteiger partial charge in [-0.15, -0.1) is 0 Å². The first-order chi connectivity index (χ1) is 15.9. The number of benzene rings is 1. The van der Waals surface area contributed by atoms with Crippen molar-refractivity contribution in [2.75, 3.05) is 24.4 Å². The maximum Gasteiger partial charge on any atom is 0.241 e. The Morgan fingerprint density at radius 3 is 2.91 bits per heavy atom. The average Bonchev–Trinajstić information content (AvgIpc) is 3.55. The molecular weight excluding hydrogens is 444 g/mol. The second-order valence-corrected chi connectivity index (χ2v) is 10.0. The molecule has 1 aromatic carbocycles. The Morgan fingerprint density at radius 2 is 2.18 bits per heavy atom. The van der Waals surface area contributed by atoms with E-state index in [9.17, 15) is 23.6 Å². The Morgan fingerprint density at radius 1 is 1.36 bits per heavy atom. The average molecular weight is 472 g/mol. The van der Waals surface area contributed by atoms with Crippen LogP contribution < -0.4 is 10.5 Å². The highest BCUT2D eigenvalue weighted by Crippen LogP contribution is 2.44. The lowest BCUT2D eigenvalue weighted by Gasteiger charge is -2.38. The van der Waals surface area contributed by atoms with Crippen molar-refractivity contribution in [1.29, 1.82) is 5.26 Å². The van der Waals surface area contributed by atoms with Gasteiger partial charge in [-0.1, -0.05) is 6.07 Å². The highest BCUT2D eigenvalue weighted by molar-refractivity contribution is 7.80. The lowest BCUT2D eigenvalue weighted by molar-refractivity contribution is -0.141. The Hall–Kier alpha value is -2.52. The van der Waals surface area contributed by atoms with Gasteiger partial charge in [0.15, 0.2) is 0 Å². The molecule has 33 heavy (non-hydrogen) atoms. The van der Waals surface area contributed by atoms with Crippen LogP contribution in [0.2, 0.25) is 0 Å². The number of nitriles is 1. The number of anilines is 1. The van der Waals surface area contributed by atoms with Gasteiger partial charge >= 0.3 is 0 Å². The third kappa shape index (κ3) is 3.91. The molecule has 3 heterocycles. The van der Waals surface area contributed by atoms with Gasteiger partial charge in [0, 0.05) is 42.6 Å². The first-order valence-electron chi connectivity index (χ1n) is 11.4. The molecule has 4 aliphatic rings. The summed E-state index contributed by atoms with van der Waals surface area (Å²) in [5.74, 6) is -0.137. The fourth-order valence-corrected chi connectivity index (χ4v) is 6.37. The predicted octanol–water partition coefficient (Wildman–Crippen LogP) is 0.00688. The van der Waals surface area contributed by atoms with Crippen LogP contribution in [0, 0.1) is 11.3 Å². The molecule has 6 atom stereocenters. The smallest absolute Gasteiger partial charge is 0.241 e. The summed E-state index contributed by atoms with van der Waals surface area (Å²) in [7, 11) is 0. The van der Waals surface area contributed by atoms with Gasteiger partial charge in [-0.2, -0.15) is 5.26 Å². The summed E-state index contributed by atoms with van der Waals surface area (Å²) in [6.07, 6.45) is 3.84. The van der Waals surface area contributed by atoms with Gasteiger partial charge in [-0.25, -0.2) is 0 Å². The number of nitrogens with zero attached hydrogens (tertiary/aromatic N) is 4. The summed E-state index contributed by atoms with van der Waals surface area (Å²) in [5, 5.41) is 9.25. The third-order valence-electron chi connectivity index (χ3n) is 7.47. The molecule has 3 aliphatic heterocycles. The molecule has 3 saturated heterocycles. The van der Waals surface area contributed by atoms with Crippen molar-refractivity contribution in [2.45, 2.75) is 62.3 Å². The summed E-state index contributed by atoms with van der Waals surface area (Å²) in [5.41, 5.74) is 8.89. The van der Waals surface area contributed by atoms with E-state index in [1.165, 1.54) is 0 Å². The SMILES string of the molecule is N#C[C@@H]1CCCN1C(=O)[C@@H](N)CN1C[C@@H]2C[C@H]1C(=O)N2[C@H]1CCc2cc(NS(=O)[O-])ccc21. The number of nitrogens with two attached hydrogens (primary N) is 1. The van der Waals surface area contributed by atoms with Crippen LogP contribution in [0.15, 0.2) is 18.2 Å². The zero-order chi connectivity index (χ0) is 23.3. The van der Waals surface area contributed by atoms with Crippen molar-refractivity contribution in [1.82, 2.24) is 14.7 Å². The van der Waals surface area contributed by atoms with Crippen LogP contribution >= 0.6 is 0 Å². The quantitative estimate of drug-likeness (QED) is 0.556. The van der Waals surface area contributed by atoms with Crippen molar-refractivity contribution in [3.63, 3.8) is 0 Å². The minimum atomic E-state index is -2.37. The highest BCUT2D eigenvalue weighted by atomic mass is 32.2. The fraction of sp³-hybridized carbons (Fsp3) is 0.591. The number of hydrogen-bond donors (Lipinski definition) is 2. The maximum atomic E-state index is 13.3. The van der Waals surface area contributed by atoms with Gasteiger partial charge in [0.2, 0.25) is 11.8 Å². The minimum absolute atomic E-state index is 0.00672. The number of piperazine rings is 1. The number of carbonyl (C=O) groups is 2. The van der Waals surface area contributed by atoms with E-state index >= 15 is 0 Å². The van der Waals surface area contributed by atoms with E-state index in [4.69, 9.17) is 5.73 Å². The van der Waals surface area contributed by atoms with Crippen LogP contribution in [-0.4, -0.2) is 79.1 Å². The van der Waals surface area contributed by atoms with Crippen LogP contribution in [0.25, 0.3) is 0 Å². The fourth-order valence-electron chi connectivity index (χ4n) is 6.05. The van der Waals surface area contributed by atoms with E-state index < -0.39 is 23.4 Å². The molecule has 5 rings (SSSR count). The standard InChI is InChI=1S/C22H28N6O4S/c23-10-15-2-1-7-27(15)21(29)18(24)12-26-11-16-9-20(26)22(30)28(16)19-6-3-13-8-14(25-33(31)32)4-5-17(13)19/h4-5,8,15-16,18-20,25H,1-3,6-7,9,11-12,24H2,(H,31,32)/p-1/t15-,16-,18-,19-,20-/m0/s1. The molecule has 0 radical (unpaired) electrons. The number of amides is 2. The summed E-state index contributed by atoms with van der Waals surface area (Å²) in [6.45, 7) is 1.56. The van der Waals surface area contributed by atoms with Gasteiger partial charge in [0.05, 0.1) is 24.2 Å². The maximum absolute atomic E-state index is 13.3. The number of rotatable bonds is 6. The normalized spacial score (nSPS) is 30.4. The molecule has 1 aliphatic carbocycles. The van der Waals surface area contributed by atoms with E-state index in [0.717, 1.165) is 36.8 Å². The van der Waals surface area contributed by atoms with Crippen molar-refractivity contribution in [2.24, 2.45) is 5.73 Å². The summed E-state index contributed by atoms with van der Waals surface area (Å²) >= 11 is -2.37. The second kappa shape index (κ2) is 8.68. The molecule has 2 bridgehead atoms. The number of fused-ring (bicyclic) bond motifs is 3. The molecule has 3 N–H and O–H groups in total. The molecule has 0 saturated carbocycles. The van der Waals surface area contributed by atoms with Crippen molar-refractivity contribution in [3.05, 3.63) is 29.3 Å². The molecule has 0 aromatic heterocycles. The number of likely N-dealkylation sites (tertiary alicyclic amines) is 3. The predicted molar refractivity (Wildman–Crippen MR) is 119 cm³/mol. The molecule has 2 amide bonds. The molecule has 0 spiro atoms. The lowest BCUT2D eigenvalue weighted by atomic mass is 10.0. The van der Waals surface area contributed by atoms with Crippen LogP contribution in [0.5, 0.6) is 0 Å². The van der Waals surface area contributed by atoms with E-state index in [0.29, 0.717) is 31.7 Å².